The maximum absolute atomic E-state index is 12.6. The first-order chi connectivity index (χ1) is 12.8. The van der Waals surface area contributed by atoms with Crippen LogP contribution in [0.15, 0.2) is 35.5 Å². The molecule has 3 heterocycles. The normalized spacial score (nSPS) is 11.7. The molecule has 0 amide bonds. The van der Waals surface area contributed by atoms with E-state index in [0.717, 1.165) is 11.3 Å². The van der Waals surface area contributed by atoms with Crippen LogP contribution in [0.4, 0.5) is 5.82 Å². The molecule has 142 valence electrons. The van der Waals surface area contributed by atoms with E-state index in [0.29, 0.717) is 34.7 Å². The standard InChI is InChI=1S/C19H23N5O2S/c1-19(2,26)15-6-5-12(10-21-15)13-9-14-16(18(25)24(3)11-22-14)17(23-13)20-7-8-27-4/h5-6,9-11,26H,7-8H2,1-4H3,(H,20,23). The molecule has 0 atom stereocenters. The van der Waals surface area contributed by atoms with E-state index >= 15 is 0 Å². The van der Waals surface area contributed by atoms with E-state index in [-0.39, 0.29) is 5.56 Å². The molecular formula is C19H23N5O2S. The summed E-state index contributed by atoms with van der Waals surface area (Å²) >= 11 is 1.72. The Bertz CT molecular complexity index is 1010. The van der Waals surface area contributed by atoms with Crippen LogP contribution in [-0.2, 0) is 12.6 Å². The fourth-order valence-electron chi connectivity index (χ4n) is 2.68. The van der Waals surface area contributed by atoms with Gasteiger partial charge in [0, 0.05) is 31.1 Å². The Kier molecular flexibility index (Phi) is 5.48. The van der Waals surface area contributed by atoms with Crippen molar-refractivity contribution in [2.75, 3.05) is 23.9 Å². The van der Waals surface area contributed by atoms with Crippen LogP contribution >= 0.6 is 11.8 Å². The molecule has 3 aromatic rings. The molecule has 3 aromatic heterocycles. The highest BCUT2D eigenvalue weighted by molar-refractivity contribution is 7.98. The van der Waals surface area contributed by atoms with Gasteiger partial charge in [-0.2, -0.15) is 11.8 Å². The Hall–Kier alpha value is -2.45. The van der Waals surface area contributed by atoms with Gasteiger partial charge in [0.1, 0.15) is 16.8 Å². The van der Waals surface area contributed by atoms with Crippen LogP contribution in [-0.4, -0.2) is 43.2 Å². The van der Waals surface area contributed by atoms with Crippen molar-refractivity contribution in [2.45, 2.75) is 19.4 Å². The average Bonchev–Trinajstić information content (AvgIpc) is 2.64. The third-order valence-corrected chi connectivity index (χ3v) is 4.80. The number of pyridine rings is 2. The first-order valence-electron chi connectivity index (χ1n) is 8.59. The maximum atomic E-state index is 12.6. The summed E-state index contributed by atoms with van der Waals surface area (Å²) in [6.07, 6.45) is 5.21. The highest BCUT2D eigenvalue weighted by atomic mass is 32.2. The Morgan fingerprint density at radius 1 is 1.30 bits per heavy atom. The zero-order valence-corrected chi connectivity index (χ0v) is 16.7. The summed E-state index contributed by atoms with van der Waals surface area (Å²) in [6.45, 7) is 4.08. The molecule has 0 aliphatic heterocycles. The van der Waals surface area contributed by atoms with Crippen LogP contribution in [0.3, 0.4) is 0 Å². The molecule has 0 spiro atoms. The van der Waals surface area contributed by atoms with Crippen molar-refractivity contribution < 1.29 is 5.11 Å². The third-order valence-electron chi connectivity index (χ3n) is 4.19. The number of nitrogens with zero attached hydrogens (tertiary/aromatic N) is 4. The van der Waals surface area contributed by atoms with Gasteiger partial charge in [-0.1, -0.05) is 0 Å². The lowest BCUT2D eigenvalue weighted by Gasteiger charge is -2.16. The molecule has 0 radical (unpaired) electrons. The lowest BCUT2D eigenvalue weighted by atomic mass is 10.0. The minimum Gasteiger partial charge on any atom is -0.384 e. The fraction of sp³-hybridized carbons (Fsp3) is 0.368. The Labute approximate surface area is 161 Å². The van der Waals surface area contributed by atoms with Crippen molar-refractivity contribution in [3.8, 4) is 11.3 Å². The minimum absolute atomic E-state index is 0.138. The molecule has 2 N–H and O–H groups in total. The molecule has 0 aromatic carbocycles. The summed E-state index contributed by atoms with van der Waals surface area (Å²) in [4.78, 5) is 26.0. The highest BCUT2D eigenvalue weighted by Gasteiger charge is 2.18. The molecule has 0 saturated heterocycles. The van der Waals surface area contributed by atoms with E-state index in [1.165, 1.54) is 10.9 Å². The van der Waals surface area contributed by atoms with Gasteiger partial charge in [-0.3, -0.25) is 9.78 Å². The van der Waals surface area contributed by atoms with Crippen molar-refractivity contribution in [3.05, 3.63) is 46.8 Å². The van der Waals surface area contributed by atoms with Crippen LogP contribution in [0.25, 0.3) is 22.2 Å². The monoisotopic (exact) mass is 385 g/mol. The quantitative estimate of drug-likeness (QED) is 0.629. The molecule has 0 fully saturated rings. The molecule has 3 rings (SSSR count). The second-order valence-corrected chi connectivity index (χ2v) is 7.81. The lowest BCUT2D eigenvalue weighted by Crippen LogP contribution is -2.20. The number of rotatable bonds is 6. The zero-order chi connectivity index (χ0) is 19.6. The maximum Gasteiger partial charge on any atom is 0.264 e. The number of aromatic nitrogens is 4. The van der Waals surface area contributed by atoms with Gasteiger partial charge >= 0.3 is 0 Å². The van der Waals surface area contributed by atoms with Crippen LogP contribution in [0.5, 0.6) is 0 Å². The number of thioether (sulfide) groups is 1. The molecule has 0 bridgehead atoms. The summed E-state index contributed by atoms with van der Waals surface area (Å²) in [5, 5.41) is 13.8. The van der Waals surface area contributed by atoms with Crippen molar-refractivity contribution in [1.82, 2.24) is 19.5 Å². The van der Waals surface area contributed by atoms with Crippen molar-refractivity contribution in [1.29, 1.82) is 0 Å². The molecule has 0 saturated carbocycles. The van der Waals surface area contributed by atoms with Crippen LogP contribution in [0.2, 0.25) is 0 Å². The van der Waals surface area contributed by atoms with E-state index in [1.54, 1.807) is 51.0 Å². The van der Waals surface area contributed by atoms with Gasteiger partial charge in [-0.25, -0.2) is 9.97 Å². The van der Waals surface area contributed by atoms with Gasteiger partial charge in [0.05, 0.1) is 23.2 Å². The van der Waals surface area contributed by atoms with E-state index in [1.807, 2.05) is 12.3 Å². The smallest absolute Gasteiger partial charge is 0.264 e. The third kappa shape index (κ3) is 4.12. The van der Waals surface area contributed by atoms with Crippen LogP contribution in [0, 0.1) is 0 Å². The first kappa shape index (κ1) is 19.3. The topological polar surface area (TPSA) is 92.9 Å². The summed E-state index contributed by atoms with van der Waals surface area (Å²) in [5.74, 6) is 1.42. The number of hydrogen-bond acceptors (Lipinski definition) is 7. The lowest BCUT2D eigenvalue weighted by molar-refractivity contribution is 0.0739. The molecular weight excluding hydrogens is 362 g/mol. The Balaban J connectivity index is 2.11. The molecule has 8 heteroatoms. The SMILES string of the molecule is CSCCNc1nc(-c2ccc(C(C)(C)O)nc2)cc2ncn(C)c(=O)c12. The predicted octanol–water partition coefficient (Wildman–Crippen LogP) is 2.39. The summed E-state index contributed by atoms with van der Waals surface area (Å²) in [7, 11) is 1.67. The molecule has 7 nitrogen and oxygen atoms in total. The van der Waals surface area contributed by atoms with Crippen LogP contribution in [0.1, 0.15) is 19.5 Å². The van der Waals surface area contributed by atoms with Gasteiger partial charge in [0.25, 0.3) is 5.56 Å². The summed E-state index contributed by atoms with van der Waals surface area (Å²) < 4.78 is 1.45. The number of nitrogens with one attached hydrogen (secondary N) is 1. The van der Waals surface area contributed by atoms with E-state index in [4.69, 9.17) is 0 Å². The van der Waals surface area contributed by atoms with Gasteiger partial charge in [0.15, 0.2) is 0 Å². The number of anilines is 1. The largest absolute Gasteiger partial charge is 0.384 e. The Morgan fingerprint density at radius 3 is 2.70 bits per heavy atom. The number of hydrogen-bond donors (Lipinski definition) is 2. The fourth-order valence-corrected chi connectivity index (χ4v) is 2.98. The predicted molar refractivity (Wildman–Crippen MR) is 110 cm³/mol. The summed E-state index contributed by atoms with van der Waals surface area (Å²) in [6, 6.07) is 5.43. The minimum atomic E-state index is -1.01. The van der Waals surface area contributed by atoms with Gasteiger partial charge in [-0.05, 0) is 38.3 Å². The second kappa shape index (κ2) is 7.66. The number of fused-ring (bicyclic) bond motifs is 1. The summed E-state index contributed by atoms with van der Waals surface area (Å²) in [5.41, 5.74) is 1.48. The number of aryl methyl sites for hydroxylation is 1. The van der Waals surface area contributed by atoms with E-state index in [9.17, 15) is 9.90 Å². The van der Waals surface area contributed by atoms with Gasteiger partial charge in [0.2, 0.25) is 0 Å². The first-order valence-corrected chi connectivity index (χ1v) is 9.99. The van der Waals surface area contributed by atoms with Gasteiger partial charge < -0.3 is 15.0 Å². The molecule has 0 unspecified atom stereocenters. The van der Waals surface area contributed by atoms with Crippen LogP contribution < -0.4 is 10.9 Å². The van der Waals surface area contributed by atoms with Crippen molar-refractivity contribution >= 4 is 28.5 Å². The molecule has 0 aliphatic rings. The van der Waals surface area contributed by atoms with E-state index in [2.05, 4.69) is 20.3 Å². The van der Waals surface area contributed by atoms with E-state index < -0.39 is 5.60 Å². The highest BCUT2D eigenvalue weighted by Crippen LogP contribution is 2.26. The Morgan fingerprint density at radius 2 is 2.07 bits per heavy atom. The molecule has 27 heavy (non-hydrogen) atoms. The molecule has 0 aliphatic carbocycles. The van der Waals surface area contributed by atoms with Gasteiger partial charge in [-0.15, -0.1) is 0 Å². The van der Waals surface area contributed by atoms with Crippen molar-refractivity contribution in [3.63, 3.8) is 0 Å². The zero-order valence-electron chi connectivity index (χ0n) is 15.9. The second-order valence-electron chi connectivity index (χ2n) is 6.82. The van der Waals surface area contributed by atoms with Crippen molar-refractivity contribution in [2.24, 2.45) is 7.05 Å². The average molecular weight is 385 g/mol. The number of aliphatic hydroxyl groups is 1.